The zero-order chi connectivity index (χ0) is 21.3. The van der Waals surface area contributed by atoms with Crippen LogP contribution in [0.25, 0.3) is 0 Å². The molecule has 1 fully saturated rings. The summed E-state index contributed by atoms with van der Waals surface area (Å²) >= 11 is 6.14. The Morgan fingerprint density at radius 1 is 1.41 bits per heavy atom. The average Bonchev–Trinajstić information content (AvgIpc) is 2.73. The molecule has 158 valence electrons. The van der Waals surface area contributed by atoms with E-state index in [4.69, 9.17) is 21.1 Å². The van der Waals surface area contributed by atoms with Gasteiger partial charge in [0, 0.05) is 39.6 Å². The monoisotopic (exact) mass is 442 g/mol. The molecule has 0 saturated carbocycles. The predicted molar refractivity (Wildman–Crippen MR) is 108 cm³/mol. The van der Waals surface area contributed by atoms with Crippen molar-refractivity contribution in [2.45, 2.75) is 11.3 Å². The average molecular weight is 443 g/mol. The summed E-state index contributed by atoms with van der Waals surface area (Å²) in [7, 11) is -2.14. The summed E-state index contributed by atoms with van der Waals surface area (Å²) in [5.74, 6) is -0.552. The van der Waals surface area contributed by atoms with Gasteiger partial charge in [-0.1, -0.05) is 11.6 Å². The molecule has 11 heteroatoms. The van der Waals surface area contributed by atoms with E-state index in [0.717, 1.165) is 0 Å². The Hall–Kier alpha value is -2.16. The van der Waals surface area contributed by atoms with Gasteiger partial charge in [-0.3, -0.25) is 4.79 Å². The highest BCUT2D eigenvalue weighted by molar-refractivity contribution is 7.89. The van der Waals surface area contributed by atoms with Gasteiger partial charge in [0.05, 0.1) is 28.8 Å². The van der Waals surface area contributed by atoms with Gasteiger partial charge in [-0.2, -0.15) is 9.57 Å². The molecule has 0 atom stereocenters. The number of methoxy groups -OCH3 is 1. The number of hydrogen-bond donors (Lipinski definition) is 2. The van der Waals surface area contributed by atoms with Gasteiger partial charge < -0.3 is 20.1 Å². The summed E-state index contributed by atoms with van der Waals surface area (Å²) in [4.78, 5) is 12.1. The molecule has 0 bridgehead atoms. The van der Waals surface area contributed by atoms with E-state index in [0.29, 0.717) is 32.8 Å². The summed E-state index contributed by atoms with van der Waals surface area (Å²) in [6.45, 7) is 2.08. The lowest BCUT2D eigenvalue weighted by Crippen LogP contribution is -2.40. The van der Waals surface area contributed by atoms with E-state index in [1.165, 1.54) is 28.7 Å². The van der Waals surface area contributed by atoms with Gasteiger partial charge in [-0.05, 0) is 24.6 Å². The molecule has 1 aromatic carbocycles. The fourth-order valence-corrected chi connectivity index (χ4v) is 4.13. The molecular weight excluding hydrogens is 420 g/mol. The maximum Gasteiger partial charge on any atom is 0.263 e. The molecule has 0 aliphatic carbocycles. The molecule has 0 unspecified atom stereocenters. The van der Waals surface area contributed by atoms with Gasteiger partial charge in [0.15, 0.2) is 0 Å². The number of carbonyl (C=O) groups is 1. The molecule has 29 heavy (non-hydrogen) atoms. The first-order valence-corrected chi connectivity index (χ1v) is 10.7. The van der Waals surface area contributed by atoms with E-state index in [1.54, 1.807) is 13.2 Å². The number of morpholine rings is 1. The summed E-state index contributed by atoms with van der Waals surface area (Å²) < 4.78 is 37.0. The van der Waals surface area contributed by atoms with Crippen molar-refractivity contribution < 1.29 is 22.7 Å². The largest absolute Gasteiger partial charge is 0.385 e. The maximum absolute atomic E-state index is 12.8. The van der Waals surface area contributed by atoms with Crippen molar-refractivity contribution in [3.63, 3.8) is 0 Å². The number of rotatable bonds is 9. The molecule has 1 amide bonds. The van der Waals surface area contributed by atoms with Crippen LogP contribution in [0.5, 0.6) is 0 Å². The number of hydrogen-bond acceptors (Lipinski definition) is 7. The number of carbonyl (C=O) groups excluding carboxylic acids is 1. The topological polar surface area (TPSA) is 121 Å². The molecule has 1 saturated heterocycles. The van der Waals surface area contributed by atoms with Crippen molar-refractivity contribution in [3.05, 3.63) is 35.0 Å². The third-order valence-electron chi connectivity index (χ3n) is 4.09. The van der Waals surface area contributed by atoms with Crippen LogP contribution in [0.4, 0.5) is 5.69 Å². The van der Waals surface area contributed by atoms with Crippen LogP contribution < -0.4 is 10.6 Å². The molecule has 2 N–H and O–H groups in total. The molecule has 2 rings (SSSR count). The normalized spacial score (nSPS) is 15.6. The second kappa shape index (κ2) is 11.1. The van der Waals surface area contributed by atoms with Gasteiger partial charge in [-0.15, -0.1) is 0 Å². The molecule has 1 heterocycles. The van der Waals surface area contributed by atoms with E-state index in [9.17, 15) is 18.5 Å². The standard InChI is InChI=1S/C18H23ClN4O5S/c1-27-8-2-5-21-18(24)14(12-20)13-22-17-11-15(3-4-16(17)19)29(25,26)23-6-9-28-10-7-23/h3-4,11,13,22H,2,5-10H2,1H3,(H,21,24)/b14-13-. The van der Waals surface area contributed by atoms with Crippen LogP contribution in [0.2, 0.25) is 5.02 Å². The zero-order valence-electron chi connectivity index (χ0n) is 16.0. The lowest BCUT2D eigenvalue weighted by atomic mass is 10.2. The number of amides is 1. The first-order chi connectivity index (χ1) is 13.9. The van der Waals surface area contributed by atoms with E-state index in [2.05, 4.69) is 10.6 Å². The minimum absolute atomic E-state index is 0.0576. The Bertz CT molecular complexity index is 892. The number of nitriles is 1. The van der Waals surface area contributed by atoms with Gasteiger partial charge in [0.1, 0.15) is 11.6 Å². The Morgan fingerprint density at radius 2 is 2.14 bits per heavy atom. The predicted octanol–water partition coefficient (Wildman–Crippen LogP) is 1.33. The van der Waals surface area contributed by atoms with Crippen molar-refractivity contribution in [2.24, 2.45) is 0 Å². The van der Waals surface area contributed by atoms with Crippen LogP contribution in [-0.2, 0) is 24.3 Å². The van der Waals surface area contributed by atoms with Gasteiger partial charge in [0.25, 0.3) is 5.91 Å². The number of anilines is 1. The minimum Gasteiger partial charge on any atom is -0.385 e. The molecule has 1 aliphatic rings. The number of ether oxygens (including phenoxy) is 2. The fraction of sp³-hybridized carbons (Fsp3) is 0.444. The van der Waals surface area contributed by atoms with Crippen molar-refractivity contribution in [2.75, 3.05) is 51.9 Å². The Balaban J connectivity index is 2.13. The Morgan fingerprint density at radius 3 is 2.79 bits per heavy atom. The highest BCUT2D eigenvalue weighted by Gasteiger charge is 2.26. The summed E-state index contributed by atoms with van der Waals surface area (Å²) in [5.41, 5.74) is 0.0980. The van der Waals surface area contributed by atoms with Crippen LogP contribution in [-0.4, -0.2) is 65.2 Å². The van der Waals surface area contributed by atoms with E-state index in [1.807, 2.05) is 0 Å². The molecule has 1 aliphatic heterocycles. The van der Waals surface area contributed by atoms with Crippen LogP contribution in [0.15, 0.2) is 34.9 Å². The summed E-state index contributed by atoms with van der Waals surface area (Å²) in [6, 6.07) is 6.03. The van der Waals surface area contributed by atoms with Crippen molar-refractivity contribution in [1.29, 1.82) is 5.26 Å². The van der Waals surface area contributed by atoms with E-state index in [-0.39, 0.29) is 34.3 Å². The molecular formula is C18H23ClN4O5S. The SMILES string of the molecule is COCCCNC(=O)/C(C#N)=C\Nc1cc(S(=O)(=O)N2CCOCC2)ccc1Cl. The maximum atomic E-state index is 12.8. The summed E-state index contributed by atoms with van der Waals surface area (Å²) in [6.07, 6.45) is 1.81. The Labute approximate surface area is 175 Å². The summed E-state index contributed by atoms with van der Waals surface area (Å²) in [5, 5.41) is 14.8. The quantitative estimate of drug-likeness (QED) is 0.336. The number of halogens is 1. The van der Waals surface area contributed by atoms with Crippen LogP contribution in [0, 0.1) is 11.3 Å². The smallest absolute Gasteiger partial charge is 0.263 e. The Kier molecular flexibility index (Phi) is 8.88. The van der Waals surface area contributed by atoms with Crippen molar-refractivity contribution >= 4 is 33.2 Å². The third-order valence-corrected chi connectivity index (χ3v) is 6.32. The van der Waals surface area contributed by atoms with Gasteiger partial charge >= 0.3 is 0 Å². The molecule has 1 aromatic rings. The van der Waals surface area contributed by atoms with Gasteiger partial charge in [0.2, 0.25) is 10.0 Å². The van der Waals surface area contributed by atoms with Crippen LogP contribution in [0.1, 0.15) is 6.42 Å². The van der Waals surface area contributed by atoms with E-state index < -0.39 is 15.9 Å². The van der Waals surface area contributed by atoms with Crippen molar-refractivity contribution in [3.8, 4) is 6.07 Å². The first kappa shape index (κ1) is 23.1. The van der Waals surface area contributed by atoms with Crippen LogP contribution >= 0.6 is 11.6 Å². The second-order valence-electron chi connectivity index (χ2n) is 6.07. The van der Waals surface area contributed by atoms with E-state index >= 15 is 0 Å². The minimum atomic E-state index is -3.70. The van der Waals surface area contributed by atoms with Crippen molar-refractivity contribution in [1.82, 2.24) is 9.62 Å². The molecule has 0 spiro atoms. The van der Waals surface area contributed by atoms with Gasteiger partial charge in [-0.25, -0.2) is 8.42 Å². The molecule has 0 radical (unpaired) electrons. The third kappa shape index (κ3) is 6.42. The zero-order valence-corrected chi connectivity index (χ0v) is 17.6. The lowest BCUT2D eigenvalue weighted by Gasteiger charge is -2.26. The second-order valence-corrected chi connectivity index (χ2v) is 8.42. The highest BCUT2D eigenvalue weighted by Crippen LogP contribution is 2.27. The first-order valence-electron chi connectivity index (χ1n) is 8.91. The molecule has 0 aromatic heterocycles. The lowest BCUT2D eigenvalue weighted by molar-refractivity contribution is -0.117. The number of nitrogens with one attached hydrogen (secondary N) is 2. The number of nitrogens with zero attached hydrogens (tertiary/aromatic N) is 2. The number of benzene rings is 1. The fourth-order valence-electron chi connectivity index (χ4n) is 2.52. The number of sulfonamides is 1. The molecule has 9 nitrogen and oxygen atoms in total. The highest BCUT2D eigenvalue weighted by atomic mass is 35.5. The van der Waals surface area contributed by atoms with Crippen LogP contribution in [0.3, 0.4) is 0 Å².